The van der Waals surface area contributed by atoms with Crippen LogP contribution in [0.25, 0.3) is 0 Å². The first kappa shape index (κ1) is 14.2. The summed E-state index contributed by atoms with van der Waals surface area (Å²) in [5, 5.41) is 4.50. The third-order valence-electron chi connectivity index (χ3n) is 3.28. The van der Waals surface area contributed by atoms with Crippen molar-refractivity contribution in [1.82, 2.24) is 9.78 Å². The number of hydrogen-bond acceptors (Lipinski definition) is 3. The Hall–Kier alpha value is -1.26. The van der Waals surface area contributed by atoms with E-state index >= 15 is 0 Å². The minimum Gasteiger partial charge on any atom is -0.323 e. The first-order valence-electron chi connectivity index (χ1n) is 6.60. The Kier molecular flexibility index (Phi) is 4.66. The molecule has 0 aliphatic rings. The summed E-state index contributed by atoms with van der Waals surface area (Å²) in [6.45, 7) is 4.33. The molecule has 0 saturated carbocycles. The second-order valence-corrected chi connectivity index (χ2v) is 6.24. The number of benzene rings is 1. The lowest BCUT2D eigenvalue weighted by Gasteiger charge is -2.19. The van der Waals surface area contributed by atoms with Crippen LogP contribution in [0, 0.1) is 0 Å². The fourth-order valence-corrected chi connectivity index (χ4v) is 3.05. The van der Waals surface area contributed by atoms with Gasteiger partial charge in [-0.25, -0.2) is 0 Å². The van der Waals surface area contributed by atoms with E-state index in [1.54, 1.807) is 11.8 Å². The average Bonchev–Trinajstić information content (AvgIpc) is 2.83. The van der Waals surface area contributed by atoms with Crippen molar-refractivity contribution in [3.63, 3.8) is 0 Å². The van der Waals surface area contributed by atoms with Crippen molar-refractivity contribution in [1.29, 1.82) is 0 Å². The summed E-state index contributed by atoms with van der Waals surface area (Å²) in [6, 6.07) is 8.65. The summed E-state index contributed by atoms with van der Waals surface area (Å²) in [6.07, 6.45) is 4.97. The van der Waals surface area contributed by atoms with E-state index in [4.69, 9.17) is 5.73 Å². The molecule has 102 valence electrons. The maximum absolute atomic E-state index is 6.34. The van der Waals surface area contributed by atoms with Gasteiger partial charge in [-0.2, -0.15) is 5.10 Å². The number of thioether (sulfide) groups is 1. The molecule has 2 unspecified atom stereocenters. The largest absolute Gasteiger partial charge is 0.323 e. The van der Waals surface area contributed by atoms with Gasteiger partial charge in [0.15, 0.2) is 0 Å². The fraction of sp³-hybridized carbons (Fsp3) is 0.400. The molecule has 19 heavy (non-hydrogen) atoms. The second kappa shape index (κ2) is 6.26. The van der Waals surface area contributed by atoms with Crippen LogP contribution in [0.1, 0.15) is 31.0 Å². The van der Waals surface area contributed by atoms with Gasteiger partial charge in [-0.3, -0.25) is 4.68 Å². The van der Waals surface area contributed by atoms with Crippen LogP contribution in [0.15, 0.2) is 41.6 Å². The zero-order chi connectivity index (χ0) is 13.8. The highest BCUT2D eigenvalue weighted by atomic mass is 32.2. The molecule has 0 saturated heterocycles. The molecule has 0 aliphatic heterocycles. The minimum atomic E-state index is 0.0381. The van der Waals surface area contributed by atoms with Gasteiger partial charge >= 0.3 is 0 Å². The van der Waals surface area contributed by atoms with E-state index in [2.05, 4.69) is 43.2 Å². The Labute approximate surface area is 119 Å². The third kappa shape index (κ3) is 3.61. The molecule has 1 aromatic carbocycles. The van der Waals surface area contributed by atoms with Crippen LogP contribution in [-0.4, -0.2) is 15.0 Å². The normalized spacial score (nSPS) is 14.3. The van der Waals surface area contributed by atoms with E-state index in [1.165, 1.54) is 11.1 Å². The molecule has 0 amide bonds. The molecule has 0 radical (unpaired) electrons. The van der Waals surface area contributed by atoms with Crippen LogP contribution in [0.5, 0.6) is 0 Å². The molecule has 3 nitrogen and oxygen atoms in total. The average molecular weight is 275 g/mol. The van der Waals surface area contributed by atoms with Crippen LogP contribution in [0.4, 0.5) is 0 Å². The molecular weight excluding hydrogens is 254 g/mol. The maximum Gasteiger partial charge on any atom is 0.0625 e. The van der Waals surface area contributed by atoms with Crippen molar-refractivity contribution >= 4 is 11.8 Å². The number of nitrogens with two attached hydrogens (primary N) is 1. The monoisotopic (exact) mass is 275 g/mol. The van der Waals surface area contributed by atoms with Crippen LogP contribution >= 0.6 is 11.8 Å². The molecule has 1 heterocycles. The van der Waals surface area contributed by atoms with Crippen LogP contribution in [-0.2, 0) is 13.5 Å². The highest BCUT2D eigenvalue weighted by molar-refractivity contribution is 8.00. The molecule has 0 aliphatic carbocycles. The quantitative estimate of drug-likeness (QED) is 0.852. The molecule has 4 heteroatoms. The number of aromatic nitrogens is 2. The molecule has 0 spiro atoms. The van der Waals surface area contributed by atoms with Gasteiger partial charge in [-0.05, 0) is 17.5 Å². The molecule has 2 atom stereocenters. The molecule has 0 fully saturated rings. The van der Waals surface area contributed by atoms with Crippen molar-refractivity contribution in [2.75, 3.05) is 0 Å². The lowest BCUT2D eigenvalue weighted by molar-refractivity contribution is 0.714. The van der Waals surface area contributed by atoms with Gasteiger partial charge in [0.25, 0.3) is 0 Å². The Bertz CT molecular complexity index is 518. The van der Waals surface area contributed by atoms with Crippen LogP contribution in [0.2, 0.25) is 0 Å². The summed E-state index contributed by atoms with van der Waals surface area (Å²) in [4.78, 5) is 1.16. The van der Waals surface area contributed by atoms with E-state index in [0.717, 1.165) is 11.3 Å². The number of hydrogen-bond donors (Lipinski definition) is 1. The van der Waals surface area contributed by atoms with Crippen LogP contribution in [0.3, 0.4) is 0 Å². The summed E-state index contributed by atoms with van der Waals surface area (Å²) in [5.41, 5.74) is 8.88. The number of aryl methyl sites for hydroxylation is 2. The first-order chi connectivity index (χ1) is 9.10. The van der Waals surface area contributed by atoms with E-state index in [-0.39, 0.29) is 6.04 Å². The van der Waals surface area contributed by atoms with Crippen molar-refractivity contribution in [2.45, 2.75) is 36.5 Å². The second-order valence-electron chi connectivity index (χ2n) is 4.79. The molecule has 1 aromatic heterocycles. The van der Waals surface area contributed by atoms with E-state index in [0.29, 0.717) is 5.25 Å². The van der Waals surface area contributed by atoms with E-state index < -0.39 is 0 Å². The van der Waals surface area contributed by atoms with E-state index in [1.807, 2.05) is 24.1 Å². The van der Waals surface area contributed by atoms with Crippen molar-refractivity contribution in [3.8, 4) is 0 Å². The van der Waals surface area contributed by atoms with Gasteiger partial charge in [0.05, 0.1) is 6.20 Å². The maximum atomic E-state index is 6.34. The molecular formula is C15H21N3S. The van der Waals surface area contributed by atoms with Crippen LogP contribution < -0.4 is 5.73 Å². The predicted octanol–water partition coefficient (Wildman–Crippen LogP) is 3.16. The number of rotatable bonds is 5. The Morgan fingerprint density at radius 2 is 2.00 bits per heavy atom. The molecule has 0 bridgehead atoms. The smallest absolute Gasteiger partial charge is 0.0625 e. The highest BCUT2D eigenvalue weighted by Gasteiger charge is 2.16. The minimum absolute atomic E-state index is 0.0381. The standard InChI is InChI=1S/C15H21N3S/c1-4-12-5-7-13(8-6-12)15(16)11(2)19-14-9-17-18(3)10-14/h5-11,15H,4,16H2,1-3H3. The Morgan fingerprint density at radius 1 is 1.32 bits per heavy atom. The van der Waals surface area contributed by atoms with Gasteiger partial charge in [0.1, 0.15) is 0 Å². The fourth-order valence-electron chi connectivity index (χ4n) is 1.99. The first-order valence-corrected chi connectivity index (χ1v) is 7.48. The lowest BCUT2D eigenvalue weighted by atomic mass is 10.0. The third-order valence-corrected chi connectivity index (χ3v) is 4.43. The highest BCUT2D eigenvalue weighted by Crippen LogP contribution is 2.30. The zero-order valence-electron chi connectivity index (χ0n) is 11.7. The van der Waals surface area contributed by atoms with E-state index in [9.17, 15) is 0 Å². The Morgan fingerprint density at radius 3 is 2.53 bits per heavy atom. The summed E-state index contributed by atoms with van der Waals surface area (Å²) < 4.78 is 1.82. The predicted molar refractivity (Wildman–Crippen MR) is 81.3 cm³/mol. The number of nitrogens with zero attached hydrogens (tertiary/aromatic N) is 2. The molecule has 2 N–H and O–H groups in total. The van der Waals surface area contributed by atoms with Crippen molar-refractivity contribution in [2.24, 2.45) is 12.8 Å². The van der Waals surface area contributed by atoms with Gasteiger partial charge < -0.3 is 5.73 Å². The summed E-state index contributed by atoms with van der Waals surface area (Å²) >= 11 is 1.77. The van der Waals surface area contributed by atoms with Crippen molar-refractivity contribution in [3.05, 3.63) is 47.8 Å². The summed E-state index contributed by atoms with van der Waals surface area (Å²) in [7, 11) is 1.93. The van der Waals surface area contributed by atoms with Gasteiger partial charge in [-0.15, -0.1) is 11.8 Å². The van der Waals surface area contributed by atoms with Crippen molar-refractivity contribution < 1.29 is 0 Å². The summed E-state index contributed by atoms with van der Waals surface area (Å²) in [5.74, 6) is 0. The van der Waals surface area contributed by atoms with Gasteiger partial charge in [0, 0.05) is 29.4 Å². The Balaban J connectivity index is 2.03. The van der Waals surface area contributed by atoms with Gasteiger partial charge in [-0.1, -0.05) is 38.1 Å². The topological polar surface area (TPSA) is 43.8 Å². The lowest BCUT2D eigenvalue weighted by Crippen LogP contribution is -2.20. The zero-order valence-corrected chi connectivity index (χ0v) is 12.5. The molecule has 2 rings (SSSR count). The van der Waals surface area contributed by atoms with Gasteiger partial charge in [0.2, 0.25) is 0 Å². The molecule has 2 aromatic rings. The SMILES string of the molecule is CCc1ccc(C(N)C(C)Sc2cnn(C)c2)cc1.